The van der Waals surface area contributed by atoms with Crippen molar-refractivity contribution in [3.63, 3.8) is 0 Å². The summed E-state index contributed by atoms with van der Waals surface area (Å²) in [5.74, 6) is -0.394. The number of aromatic amines is 1. The number of phenolic OH excluding ortho intramolecular Hbond substituents is 1. The van der Waals surface area contributed by atoms with Crippen molar-refractivity contribution in [2.45, 2.75) is 43.6 Å². The Kier molecular flexibility index (Phi) is 10.4. The molecule has 5 aromatic rings. The lowest BCUT2D eigenvalue weighted by Crippen LogP contribution is -2.66. The Bertz CT molecular complexity index is 2280. The summed E-state index contributed by atoms with van der Waals surface area (Å²) < 4.78 is 6.19. The summed E-state index contributed by atoms with van der Waals surface area (Å²) in [4.78, 5) is 58.7. The molecule has 0 aliphatic carbocycles. The lowest BCUT2D eigenvalue weighted by Gasteiger charge is -2.50. The zero-order valence-electron chi connectivity index (χ0n) is 30.9. The van der Waals surface area contributed by atoms with Gasteiger partial charge in [0, 0.05) is 61.8 Å². The number of hydrogen-bond donors (Lipinski definition) is 5. The van der Waals surface area contributed by atoms with E-state index in [1.54, 1.807) is 41.3 Å². The van der Waals surface area contributed by atoms with Crippen molar-refractivity contribution in [1.29, 1.82) is 0 Å². The summed E-state index contributed by atoms with van der Waals surface area (Å²) in [6.45, 7) is 4.42. The molecular weight excluding hydrogens is 711 g/mol. The standard InChI is InChI=1S/C44H45N5O7/c50-36-16-14-34(35-15-17-39(52)47-40(35)36)37(51)24-45-22-28-6-8-29(9-7-28)23-46-41(53)31-10-12-32(13-11-31)42(54)49-26-44(27-49,33-4-2-1-3-5-33)43(55)56-38-25-48-20-18-30(38)19-21-48/h1-17,30,37-38,45,50-51H,18-27H2,(H,46,53)(H,47,52). The molecule has 2 amide bonds. The van der Waals surface area contributed by atoms with E-state index < -0.39 is 11.5 Å². The third-order valence-corrected chi connectivity index (χ3v) is 11.6. The van der Waals surface area contributed by atoms with Crippen molar-refractivity contribution in [2.75, 3.05) is 39.3 Å². The van der Waals surface area contributed by atoms with E-state index in [1.807, 2.05) is 54.6 Å². The van der Waals surface area contributed by atoms with E-state index in [1.165, 1.54) is 12.1 Å². The molecule has 288 valence electrons. The summed E-state index contributed by atoms with van der Waals surface area (Å²) in [7, 11) is 0. The van der Waals surface area contributed by atoms with Crippen LogP contribution in [-0.4, -0.2) is 88.2 Å². The molecule has 5 heterocycles. The zero-order valence-corrected chi connectivity index (χ0v) is 30.9. The quantitative estimate of drug-likeness (QED) is 0.118. The molecule has 12 nitrogen and oxygen atoms in total. The van der Waals surface area contributed by atoms with Gasteiger partial charge in [0.15, 0.2) is 0 Å². The number of aliphatic hydroxyl groups is 1. The van der Waals surface area contributed by atoms with E-state index in [0.717, 1.165) is 49.2 Å². The van der Waals surface area contributed by atoms with E-state index in [-0.39, 0.29) is 60.3 Å². The fraction of sp³-hybridized carbons (Fsp3) is 0.318. The van der Waals surface area contributed by atoms with Crippen molar-refractivity contribution in [1.82, 2.24) is 25.4 Å². The molecule has 1 aromatic heterocycles. The topological polar surface area (TPSA) is 164 Å². The van der Waals surface area contributed by atoms with Crippen LogP contribution in [0, 0.1) is 5.92 Å². The van der Waals surface area contributed by atoms with Gasteiger partial charge in [0.2, 0.25) is 5.56 Å². The van der Waals surface area contributed by atoms with Gasteiger partial charge in [-0.05, 0) is 90.5 Å². The Morgan fingerprint density at radius 1 is 0.839 bits per heavy atom. The lowest BCUT2D eigenvalue weighted by atomic mass is 9.73. The maximum absolute atomic E-state index is 13.8. The Morgan fingerprint density at radius 3 is 2.20 bits per heavy atom. The van der Waals surface area contributed by atoms with Gasteiger partial charge in [0.05, 0.1) is 11.6 Å². The first-order valence-electron chi connectivity index (χ1n) is 19.1. The van der Waals surface area contributed by atoms with Crippen LogP contribution in [0.1, 0.15) is 61.9 Å². The minimum atomic E-state index is -0.908. The van der Waals surface area contributed by atoms with Crippen LogP contribution in [0.2, 0.25) is 0 Å². The Hall–Kier alpha value is -5.82. The van der Waals surface area contributed by atoms with Gasteiger partial charge in [0.25, 0.3) is 11.8 Å². The molecule has 4 aromatic carbocycles. The molecule has 9 rings (SSSR count). The van der Waals surface area contributed by atoms with Crippen LogP contribution >= 0.6 is 0 Å². The second-order valence-corrected chi connectivity index (χ2v) is 15.2. The molecule has 4 saturated heterocycles. The van der Waals surface area contributed by atoms with Crippen LogP contribution in [0.4, 0.5) is 0 Å². The lowest BCUT2D eigenvalue weighted by molar-refractivity contribution is -0.171. The molecule has 2 unspecified atom stereocenters. The molecule has 4 aliphatic heterocycles. The van der Waals surface area contributed by atoms with Crippen LogP contribution in [0.15, 0.2) is 108 Å². The highest BCUT2D eigenvalue weighted by atomic mass is 16.5. The molecule has 0 spiro atoms. The number of fused-ring (bicyclic) bond motifs is 4. The molecule has 2 bridgehead atoms. The highest BCUT2D eigenvalue weighted by Gasteiger charge is 2.55. The largest absolute Gasteiger partial charge is 0.506 e. The van der Waals surface area contributed by atoms with E-state index in [4.69, 9.17) is 4.74 Å². The number of rotatable bonds is 12. The average molecular weight is 756 g/mol. The molecule has 0 radical (unpaired) electrons. The minimum absolute atomic E-state index is 0.0584. The predicted molar refractivity (Wildman–Crippen MR) is 210 cm³/mol. The number of aromatic nitrogens is 1. The van der Waals surface area contributed by atoms with E-state index in [2.05, 4.69) is 20.5 Å². The molecule has 5 N–H and O–H groups in total. The number of amides is 2. The number of nitrogens with one attached hydrogen (secondary N) is 3. The third-order valence-electron chi connectivity index (χ3n) is 11.6. The number of piperidine rings is 3. The maximum Gasteiger partial charge on any atom is 0.320 e. The number of H-pyrrole nitrogens is 1. The number of aromatic hydroxyl groups is 1. The van der Waals surface area contributed by atoms with Gasteiger partial charge < -0.3 is 35.5 Å². The SMILES string of the molecule is O=C(NCc1ccc(CNCC(O)c2ccc(O)c3[nH]c(=O)ccc23)cc1)c1ccc(C(=O)N2CC(C(=O)OC3CN4CCC3CC4)(c3ccccc3)C2)cc1. The number of ether oxygens (including phenoxy) is 1. The second-order valence-electron chi connectivity index (χ2n) is 15.2. The number of esters is 1. The summed E-state index contributed by atoms with van der Waals surface area (Å²) in [6, 6.07) is 29.9. The molecule has 4 fully saturated rings. The first-order chi connectivity index (χ1) is 27.2. The monoisotopic (exact) mass is 755 g/mol. The summed E-state index contributed by atoms with van der Waals surface area (Å²) in [5.41, 5.74) is 3.26. The number of nitrogens with zero attached hydrogens (tertiary/aromatic N) is 2. The zero-order chi connectivity index (χ0) is 38.8. The molecule has 0 saturated carbocycles. The average Bonchev–Trinajstić information content (AvgIpc) is 3.21. The summed E-state index contributed by atoms with van der Waals surface area (Å²) in [5, 5.41) is 27.7. The van der Waals surface area contributed by atoms with Crippen molar-refractivity contribution in [3.8, 4) is 5.75 Å². The first-order valence-corrected chi connectivity index (χ1v) is 19.1. The third kappa shape index (κ3) is 7.55. The van der Waals surface area contributed by atoms with Gasteiger partial charge in [-0.2, -0.15) is 0 Å². The Morgan fingerprint density at radius 2 is 1.52 bits per heavy atom. The Balaban J connectivity index is 0.815. The van der Waals surface area contributed by atoms with Crippen LogP contribution in [0.5, 0.6) is 5.75 Å². The normalized spacial score (nSPS) is 20.2. The number of phenols is 1. The van der Waals surface area contributed by atoms with Crippen LogP contribution in [0.25, 0.3) is 10.9 Å². The minimum Gasteiger partial charge on any atom is -0.506 e. The van der Waals surface area contributed by atoms with E-state index in [9.17, 15) is 29.4 Å². The number of carbonyl (C=O) groups is 3. The highest BCUT2D eigenvalue weighted by Crippen LogP contribution is 2.39. The number of hydrogen-bond acceptors (Lipinski definition) is 9. The van der Waals surface area contributed by atoms with E-state index >= 15 is 0 Å². The summed E-state index contributed by atoms with van der Waals surface area (Å²) in [6.07, 6.45) is 1.11. The fourth-order valence-electron chi connectivity index (χ4n) is 8.25. The van der Waals surface area contributed by atoms with Crippen molar-refractivity contribution in [3.05, 3.63) is 147 Å². The molecular formula is C44H45N5O7. The number of aliphatic hydroxyl groups excluding tert-OH is 1. The molecule has 2 atom stereocenters. The number of pyridine rings is 1. The van der Waals surface area contributed by atoms with Gasteiger partial charge in [-0.15, -0.1) is 0 Å². The Labute approximate surface area is 324 Å². The van der Waals surface area contributed by atoms with Crippen LogP contribution < -0.4 is 16.2 Å². The molecule has 56 heavy (non-hydrogen) atoms. The van der Waals surface area contributed by atoms with Crippen molar-refractivity contribution in [2.24, 2.45) is 5.92 Å². The fourth-order valence-corrected chi connectivity index (χ4v) is 8.25. The number of benzene rings is 4. The van der Waals surface area contributed by atoms with Crippen molar-refractivity contribution < 1.29 is 29.3 Å². The number of carbonyl (C=O) groups excluding carboxylic acids is 3. The van der Waals surface area contributed by atoms with Crippen LogP contribution in [-0.2, 0) is 28.0 Å². The highest BCUT2D eigenvalue weighted by molar-refractivity contribution is 5.99. The predicted octanol–water partition coefficient (Wildman–Crippen LogP) is 4.02. The summed E-state index contributed by atoms with van der Waals surface area (Å²) >= 11 is 0. The second kappa shape index (κ2) is 15.7. The van der Waals surface area contributed by atoms with Gasteiger partial charge in [0.1, 0.15) is 17.3 Å². The van der Waals surface area contributed by atoms with Gasteiger partial charge >= 0.3 is 5.97 Å². The molecule has 4 aliphatic rings. The van der Waals surface area contributed by atoms with E-state index in [0.29, 0.717) is 41.1 Å². The molecule has 12 heteroatoms. The smallest absolute Gasteiger partial charge is 0.320 e. The van der Waals surface area contributed by atoms with Crippen molar-refractivity contribution >= 4 is 28.7 Å². The van der Waals surface area contributed by atoms with Gasteiger partial charge in [-0.25, -0.2) is 0 Å². The first kappa shape index (κ1) is 37.1. The van der Waals surface area contributed by atoms with Gasteiger partial charge in [-0.3, -0.25) is 24.1 Å². The van der Waals surface area contributed by atoms with Gasteiger partial charge in [-0.1, -0.05) is 60.7 Å². The van der Waals surface area contributed by atoms with Crippen LogP contribution in [0.3, 0.4) is 0 Å². The number of likely N-dealkylation sites (tertiary alicyclic amines) is 1. The maximum atomic E-state index is 13.8.